The maximum atomic E-state index is 12.7. The number of aromatic nitrogens is 1. The zero-order valence-corrected chi connectivity index (χ0v) is 16.2. The number of pyridine rings is 1. The van der Waals surface area contributed by atoms with Crippen molar-refractivity contribution >= 4 is 35.7 Å². The number of rotatable bonds is 5. The van der Waals surface area contributed by atoms with E-state index >= 15 is 0 Å². The highest BCUT2D eigenvalue weighted by Gasteiger charge is 2.33. The molecular formula is C16H23Cl2F3N4O. The van der Waals surface area contributed by atoms with Crippen molar-refractivity contribution in [2.45, 2.75) is 19.0 Å². The third-order valence-corrected chi connectivity index (χ3v) is 4.64. The second kappa shape index (κ2) is 9.62. The smallest absolute Gasteiger partial charge is 0.355 e. The highest BCUT2D eigenvalue weighted by atomic mass is 35.5. The number of halogens is 5. The van der Waals surface area contributed by atoms with E-state index < -0.39 is 11.7 Å². The number of amides is 1. The number of likely N-dealkylation sites (N-methyl/N-ethyl adjacent to an activating group) is 2. The molecule has 10 heteroatoms. The second-order valence-electron chi connectivity index (χ2n) is 6.15. The van der Waals surface area contributed by atoms with Crippen molar-refractivity contribution in [1.82, 2.24) is 15.2 Å². The molecule has 0 atom stereocenters. The molecule has 1 aliphatic heterocycles. The number of nitrogens with zero attached hydrogens (tertiary/aromatic N) is 3. The van der Waals surface area contributed by atoms with E-state index in [1.54, 1.807) is 11.9 Å². The molecular weight excluding hydrogens is 392 g/mol. The van der Waals surface area contributed by atoms with Gasteiger partial charge in [0.2, 0.25) is 5.91 Å². The Balaban J connectivity index is 0.00000338. The van der Waals surface area contributed by atoms with Crippen molar-refractivity contribution in [3.05, 3.63) is 22.8 Å². The molecule has 1 aliphatic rings. The van der Waals surface area contributed by atoms with E-state index in [0.717, 1.165) is 18.8 Å². The average Bonchev–Trinajstić information content (AvgIpc) is 2.58. The van der Waals surface area contributed by atoms with E-state index in [9.17, 15) is 18.0 Å². The molecule has 0 bridgehead atoms. The van der Waals surface area contributed by atoms with E-state index in [1.807, 2.05) is 11.9 Å². The summed E-state index contributed by atoms with van der Waals surface area (Å²) in [5.74, 6) is 0.358. The molecule has 1 N–H and O–H groups in total. The van der Waals surface area contributed by atoms with E-state index in [0.29, 0.717) is 38.3 Å². The Bertz CT molecular complexity index is 608. The van der Waals surface area contributed by atoms with Gasteiger partial charge in [-0.2, -0.15) is 13.2 Å². The summed E-state index contributed by atoms with van der Waals surface area (Å²) in [4.78, 5) is 19.8. The van der Waals surface area contributed by atoms with Crippen LogP contribution in [0.5, 0.6) is 0 Å². The monoisotopic (exact) mass is 414 g/mol. The molecule has 0 aliphatic carbocycles. The van der Waals surface area contributed by atoms with Gasteiger partial charge >= 0.3 is 6.18 Å². The quantitative estimate of drug-likeness (QED) is 0.803. The molecule has 1 fully saturated rings. The van der Waals surface area contributed by atoms with Crippen LogP contribution in [0.15, 0.2) is 12.3 Å². The second-order valence-corrected chi connectivity index (χ2v) is 6.56. The Labute approximate surface area is 162 Å². The number of carbonyl (C=O) groups is 1. The van der Waals surface area contributed by atoms with Crippen molar-refractivity contribution in [3.63, 3.8) is 0 Å². The summed E-state index contributed by atoms with van der Waals surface area (Å²) in [5, 5.41) is 2.98. The number of alkyl halides is 3. The highest BCUT2D eigenvalue weighted by molar-refractivity contribution is 6.33. The lowest BCUT2D eigenvalue weighted by Gasteiger charge is -2.34. The fraction of sp³-hybridized carbons (Fsp3) is 0.625. The lowest BCUT2D eigenvalue weighted by molar-refractivity contribution is -0.138. The molecule has 0 unspecified atom stereocenters. The van der Waals surface area contributed by atoms with Crippen molar-refractivity contribution in [1.29, 1.82) is 0 Å². The molecule has 148 valence electrons. The van der Waals surface area contributed by atoms with Crippen molar-refractivity contribution in [3.8, 4) is 0 Å². The largest absolute Gasteiger partial charge is 0.417 e. The van der Waals surface area contributed by atoms with Crippen molar-refractivity contribution < 1.29 is 18.0 Å². The predicted molar refractivity (Wildman–Crippen MR) is 98.0 cm³/mol. The van der Waals surface area contributed by atoms with E-state index in [2.05, 4.69) is 10.3 Å². The van der Waals surface area contributed by atoms with Gasteiger partial charge in [0.15, 0.2) is 0 Å². The SMILES string of the molecule is CNCCN(C)C(=O)C1CCN(c2ncc(C(F)(F)F)cc2Cl)CC1.Cl. The average molecular weight is 415 g/mol. The Hall–Kier alpha value is -1.25. The molecule has 2 heterocycles. The van der Waals surface area contributed by atoms with Crippen LogP contribution in [-0.2, 0) is 11.0 Å². The minimum absolute atomic E-state index is 0. The molecule has 5 nitrogen and oxygen atoms in total. The Morgan fingerprint density at radius 1 is 1.42 bits per heavy atom. The lowest BCUT2D eigenvalue weighted by atomic mass is 9.95. The van der Waals surface area contributed by atoms with E-state index in [1.165, 1.54) is 0 Å². The molecule has 0 saturated carbocycles. The van der Waals surface area contributed by atoms with Gasteiger partial charge in [0.1, 0.15) is 5.82 Å². The van der Waals surface area contributed by atoms with Gasteiger partial charge in [0.25, 0.3) is 0 Å². The van der Waals surface area contributed by atoms with Crippen LogP contribution < -0.4 is 10.2 Å². The highest BCUT2D eigenvalue weighted by Crippen LogP contribution is 2.34. The minimum atomic E-state index is -4.47. The Morgan fingerprint density at radius 3 is 2.54 bits per heavy atom. The normalized spacial score (nSPS) is 15.5. The van der Waals surface area contributed by atoms with E-state index in [-0.39, 0.29) is 29.3 Å². The minimum Gasteiger partial charge on any atom is -0.355 e. The van der Waals surface area contributed by atoms with Crippen LogP contribution >= 0.6 is 24.0 Å². The fourth-order valence-electron chi connectivity index (χ4n) is 2.86. The van der Waals surface area contributed by atoms with Gasteiger partial charge in [-0.3, -0.25) is 4.79 Å². The van der Waals surface area contributed by atoms with Gasteiger partial charge in [-0.25, -0.2) is 4.98 Å². The molecule has 0 aromatic carbocycles. The summed E-state index contributed by atoms with van der Waals surface area (Å²) in [6, 6.07) is 0.895. The maximum absolute atomic E-state index is 12.7. The first-order valence-electron chi connectivity index (χ1n) is 8.11. The number of anilines is 1. The Morgan fingerprint density at radius 2 is 2.04 bits per heavy atom. The number of carbonyl (C=O) groups excluding carboxylic acids is 1. The number of piperidine rings is 1. The van der Waals surface area contributed by atoms with Crippen LogP contribution in [0.25, 0.3) is 0 Å². The van der Waals surface area contributed by atoms with Crippen LogP contribution in [0.3, 0.4) is 0 Å². The first kappa shape index (κ1) is 22.8. The summed E-state index contributed by atoms with van der Waals surface area (Å²) < 4.78 is 38.1. The number of nitrogens with one attached hydrogen (secondary N) is 1. The summed E-state index contributed by atoms with van der Waals surface area (Å²) in [7, 11) is 3.61. The summed E-state index contributed by atoms with van der Waals surface area (Å²) in [6.45, 7) is 2.44. The molecule has 1 aromatic heterocycles. The zero-order valence-electron chi connectivity index (χ0n) is 14.6. The number of hydrogen-bond acceptors (Lipinski definition) is 4. The molecule has 2 rings (SSSR count). The standard InChI is InChI=1S/C16H22ClF3N4O.ClH/c1-21-5-8-23(2)15(25)11-3-6-24(7-4-11)14-13(17)9-12(10-22-14)16(18,19)20;/h9-11,21H,3-8H2,1-2H3;1H. The third kappa shape index (κ3) is 5.62. The van der Waals surface area contributed by atoms with Gasteiger partial charge in [-0.05, 0) is 26.0 Å². The molecule has 26 heavy (non-hydrogen) atoms. The third-order valence-electron chi connectivity index (χ3n) is 4.37. The predicted octanol–water partition coefficient (Wildman–Crippen LogP) is 3.07. The summed E-state index contributed by atoms with van der Waals surface area (Å²) >= 11 is 5.99. The van der Waals surface area contributed by atoms with Crippen LogP contribution in [-0.4, -0.2) is 56.1 Å². The zero-order chi connectivity index (χ0) is 18.6. The van der Waals surface area contributed by atoms with Crippen molar-refractivity contribution in [2.24, 2.45) is 5.92 Å². The number of hydrogen-bond donors (Lipinski definition) is 1. The molecule has 1 saturated heterocycles. The first-order valence-corrected chi connectivity index (χ1v) is 8.49. The summed E-state index contributed by atoms with van der Waals surface area (Å²) in [5.41, 5.74) is -0.863. The van der Waals surface area contributed by atoms with Crippen LogP contribution in [0.1, 0.15) is 18.4 Å². The summed E-state index contributed by atoms with van der Waals surface area (Å²) in [6.07, 6.45) is -2.42. The topological polar surface area (TPSA) is 48.5 Å². The van der Waals surface area contributed by atoms with Crippen LogP contribution in [0, 0.1) is 5.92 Å². The molecule has 1 amide bonds. The molecule has 0 radical (unpaired) electrons. The maximum Gasteiger partial charge on any atom is 0.417 e. The van der Waals surface area contributed by atoms with Gasteiger partial charge in [0, 0.05) is 45.3 Å². The van der Waals surface area contributed by atoms with Crippen LogP contribution in [0.4, 0.5) is 19.0 Å². The van der Waals surface area contributed by atoms with Crippen molar-refractivity contribution in [2.75, 3.05) is 45.2 Å². The fourth-order valence-corrected chi connectivity index (χ4v) is 3.14. The lowest BCUT2D eigenvalue weighted by Crippen LogP contribution is -2.43. The Kier molecular flexibility index (Phi) is 8.43. The van der Waals surface area contributed by atoms with E-state index in [4.69, 9.17) is 11.6 Å². The van der Waals surface area contributed by atoms with Gasteiger partial charge in [0.05, 0.1) is 10.6 Å². The molecule has 1 aromatic rings. The first-order chi connectivity index (χ1) is 11.7. The van der Waals surface area contributed by atoms with Gasteiger partial charge < -0.3 is 15.1 Å². The van der Waals surface area contributed by atoms with Gasteiger partial charge in [-0.15, -0.1) is 12.4 Å². The van der Waals surface area contributed by atoms with Gasteiger partial charge in [-0.1, -0.05) is 11.6 Å². The molecule has 0 spiro atoms. The van der Waals surface area contributed by atoms with Crippen LogP contribution in [0.2, 0.25) is 5.02 Å².